The first-order chi connectivity index (χ1) is 30.5. The summed E-state index contributed by atoms with van der Waals surface area (Å²) in [7, 11) is 1.63. The Labute approximate surface area is 393 Å². The SMILES string of the molecule is CCCCCCCCCCCCCCCCCCCCCCCCCCCCCCCCCCCC(=O)NC(COP(=O)(O)OCC[N+](C)(C)C)C(O)CCCCCCCCCC. The smallest absolute Gasteiger partial charge is 0.391 e. The molecule has 0 aliphatic rings. The number of carbonyl (C=O) groups excluding carboxylic acids is 1. The van der Waals surface area contributed by atoms with Crippen LogP contribution in [0.3, 0.4) is 0 Å². The minimum absolute atomic E-state index is 0.0782. The lowest BCUT2D eigenvalue weighted by Crippen LogP contribution is -2.46. The predicted molar refractivity (Wildman–Crippen MR) is 272 cm³/mol. The van der Waals surface area contributed by atoms with Crippen LogP contribution >= 0.6 is 7.82 Å². The van der Waals surface area contributed by atoms with E-state index < -0.39 is 20.0 Å². The normalized spacial score (nSPS) is 14.0. The summed E-state index contributed by atoms with van der Waals surface area (Å²) in [6.45, 7) is 4.89. The van der Waals surface area contributed by atoms with E-state index in [-0.39, 0.29) is 19.1 Å². The Bertz CT molecular complexity index is 994. The Kier molecular flexibility index (Phi) is 46.2. The van der Waals surface area contributed by atoms with Gasteiger partial charge in [0.2, 0.25) is 5.91 Å². The fourth-order valence-electron chi connectivity index (χ4n) is 8.70. The van der Waals surface area contributed by atoms with E-state index in [1.165, 1.54) is 225 Å². The third-order valence-electron chi connectivity index (χ3n) is 13.1. The summed E-state index contributed by atoms with van der Waals surface area (Å²) in [5.41, 5.74) is 0. The summed E-state index contributed by atoms with van der Waals surface area (Å²) in [6, 6.07) is -0.752. The highest BCUT2D eigenvalue weighted by molar-refractivity contribution is 7.47. The Hall–Kier alpha value is -0.500. The van der Waals surface area contributed by atoms with Gasteiger partial charge >= 0.3 is 7.82 Å². The van der Waals surface area contributed by atoms with Gasteiger partial charge in [-0.2, -0.15) is 0 Å². The fraction of sp³-hybridized carbons (Fsp3) is 0.981. The van der Waals surface area contributed by atoms with Gasteiger partial charge in [0.1, 0.15) is 13.2 Å². The molecule has 1 amide bonds. The second kappa shape index (κ2) is 46.6. The van der Waals surface area contributed by atoms with Crippen molar-refractivity contribution in [2.45, 2.75) is 302 Å². The van der Waals surface area contributed by atoms with Crippen LogP contribution < -0.4 is 5.32 Å². The van der Waals surface area contributed by atoms with E-state index in [9.17, 15) is 19.4 Å². The number of phosphoric acid groups is 1. The second-order valence-electron chi connectivity index (χ2n) is 20.7. The molecular weight excluding hydrogens is 804 g/mol. The number of unbranched alkanes of at least 4 members (excludes halogenated alkanes) is 39. The number of carbonyl (C=O) groups is 1. The number of quaternary nitrogens is 1. The number of hydrogen-bond donors (Lipinski definition) is 3. The highest BCUT2D eigenvalue weighted by Crippen LogP contribution is 2.43. The lowest BCUT2D eigenvalue weighted by atomic mass is 10.0. The van der Waals surface area contributed by atoms with Crippen molar-refractivity contribution in [1.82, 2.24) is 5.32 Å². The number of phosphoric ester groups is 1. The van der Waals surface area contributed by atoms with Gasteiger partial charge in [-0.25, -0.2) is 4.57 Å². The molecule has 378 valence electrons. The molecule has 0 saturated heterocycles. The number of hydrogen-bond acceptors (Lipinski definition) is 5. The summed E-state index contributed by atoms with van der Waals surface area (Å²) in [6.07, 6.45) is 54.9. The fourth-order valence-corrected chi connectivity index (χ4v) is 9.43. The molecule has 63 heavy (non-hydrogen) atoms. The number of rotatable bonds is 52. The van der Waals surface area contributed by atoms with E-state index in [0.717, 1.165) is 38.5 Å². The molecule has 3 unspecified atom stereocenters. The van der Waals surface area contributed by atoms with Gasteiger partial charge in [0.15, 0.2) is 0 Å². The molecular formula is C54H112N2O6P+. The number of aliphatic hydroxyl groups is 1. The summed E-state index contributed by atoms with van der Waals surface area (Å²) in [4.78, 5) is 23.1. The Morgan fingerprint density at radius 1 is 0.476 bits per heavy atom. The van der Waals surface area contributed by atoms with Crippen LogP contribution in [0.4, 0.5) is 0 Å². The molecule has 9 heteroatoms. The molecule has 0 aliphatic heterocycles. The molecule has 0 aromatic heterocycles. The Balaban J connectivity index is 3.81. The van der Waals surface area contributed by atoms with Gasteiger partial charge in [0.25, 0.3) is 0 Å². The Morgan fingerprint density at radius 2 is 0.762 bits per heavy atom. The number of amides is 1. The lowest BCUT2D eigenvalue weighted by molar-refractivity contribution is -0.870. The van der Waals surface area contributed by atoms with Crippen molar-refractivity contribution in [2.75, 3.05) is 40.9 Å². The van der Waals surface area contributed by atoms with E-state index >= 15 is 0 Å². The van der Waals surface area contributed by atoms with Crippen molar-refractivity contribution in [2.24, 2.45) is 0 Å². The molecule has 8 nitrogen and oxygen atoms in total. The minimum atomic E-state index is -4.30. The monoisotopic (exact) mass is 916 g/mol. The van der Waals surface area contributed by atoms with Crippen LogP contribution in [-0.2, 0) is 18.4 Å². The van der Waals surface area contributed by atoms with Crippen molar-refractivity contribution in [3.8, 4) is 0 Å². The Morgan fingerprint density at radius 3 is 1.06 bits per heavy atom. The molecule has 0 fully saturated rings. The third-order valence-corrected chi connectivity index (χ3v) is 14.1. The first-order valence-corrected chi connectivity index (χ1v) is 29.4. The van der Waals surface area contributed by atoms with Gasteiger partial charge in [-0.3, -0.25) is 13.8 Å². The molecule has 3 N–H and O–H groups in total. The molecule has 0 aromatic rings. The third kappa shape index (κ3) is 49.2. The zero-order chi connectivity index (χ0) is 46.4. The largest absolute Gasteiger partial charge is 0.472 e. The maximum atomic E-state index is 12.9. The zero-order valence-electron chi connectivity index (χ0n) is 43.1. The van der Waals surface area contributed by atoms with E-state index in [0.29, 0.717) is 23.9 Å². The minimum Gasteiger partial charge on any atom is -0.391 e. The molecule has 0 aliphatic carbocycles. The first-order valence-electron chi connectivity index (χ1n) is 27.9. The van der Waals surface area contributed by atoms with Crippen LogP contribution in [-0.4, -0.2) is 73.4 Å². The number of nitrogens with zero attached hydrogens (tertiary/aromatic N) is 1. The van der Waals surface area contributed by atoms with Gasteiger partial charge in [-0.15, -0.1) is 0 Å². The van der Waals surface area contributed by atoms with Crippen LogP contribution in [0, 0.1) is 0 Å². The molecule has 0 radical (unpaired) electrons. The van der Waals surface area contributed by atoms with Crippen molar-refractivity contribution in [3.05, 3.63) is 0 Å². The van der Waals surface area contributed by atoms with Crippen molar-refractivity contribution in [3.63, 3.8) is 0 Å². The maximum Gasteiger partial charge on any atom is 0.472 e. The van der Waals surface area contributed by atoms with Gasteiger partial charge in [-0.1, -0.05) is 271 Å². The van der Waals surface area contributed by atoms with Crippen LogP contribution in [0.15, 0.2) is 0 Å². The summed E-state index contributed by atoms with van der Waals surface area (Å²) < 4.78 is 23.6. The highest BCUT2D eigenvalue weighted by Gasteiger charge is 2.28. The average molecular weight is 916 g/mol. The van der Waals surface area contributed by atoms with Gasteiger partial charge in [0.05, 0.1) is 39.9 Å². The van der Waals surface area contributed by atoms with Crippen molar-refractivity contribution in [1.29, 1.82) is 0 Å². The van der Waals surface area contributed by atoms with Gasteiger partial charge < -0.3 is 19.8 Å². The second-order valence-corrected chi connectivity index (χ2v) is 22.1. The molecule has 0 rings (SSSR count). The molecule has 0 saturated carbocycles. The highest BCUT2D eigenvalue weighted by atomic mass is 31.2. The van der Waals surface area contributed by atoms with Gasteiger partial charge in [-0.05, 0) is 12.8 Å². The molecule has 0 bridgehead atoms. The zero-order valence-corrected chi connectivity index (χ0v) is 44.0. The van der Waals surface area contributed by atoms with Crippen LogP contribution in [0.25, 0.3) is 0 Å². The average Bonchev–Trinajstić information content (AvgIpc) is 3.24. The van der Waals surface area contributed by atoms with E-state index in [1.54, 1.807) is 0 Å². The lowest BCUT2D eigenvalue weighted by Gasteiger charge is -2.26. The van der Waals surface area contributed by atoms with Gasteiger partial charge in [0, 0.05) is 6.42 Å². The van der Waals surface area contributed by atoms with Crippen molar-refractivity contribution < 1.29 is 32.9 Å². The molecule has 0 aromatic carbocycles. The summed E-state index contributed by atoms with van der Waals surface area (Å²) in [5.74, 6) is -0.141. The summed E-state index contributed by atoms with van der Waals surface area (Å²) >= 11 is 0. The molecule has 3 atom stereocenters. The number of likely N-dealkylation sites (N-methyl/N-ethyl adjacent to an activating group) is 1. The standard InChI is InChI=1S/C54H111N2O6P/c1-6-8-10-12-14-16-17-18-19-20-21-22-23-24-25-26-27-28-29-30-31-32-33-34-35-36-37-38-39-40-42-44-46-48-54(58)55-52(51-62-63(59,60)61-50-49-56(3,4)5)53(57)47-45-43-41-15-13-11-9-7-2/h52-53,57H,6-51H2,1-5H3,(H-,55,58,59,60)/p+1. The topological polar surface area (TPSA) is 105 Å². The quantitative estimate of drug-likeness (QED) is 0.0319. The van der Waals surface area contributed by atoms with E-state index in [2.05, 4.69) is 19.2 Å². The maximum absolute atomic E-state index is 12.9. The number of aliphatic hydroxyl groups excluding tert-OH is 1. The van der Waals surface area contributed by atoms with Crippen molar-refractivity contribution >= 4 is 13.7 Å². The summed E-state index contributed by atoms with van der Waals surface area (Å²) in [5, 5.41) is 13.9. The molecule has 0 spiro atoms. The number of nitrogens with one attached hydrogen (secondary N) is 1. The van der Waals surface area contributed by atoms with E-state index in [1.807, 2.05) is 21.1 Å². The van der Waals surface area contributed by atoms with Crippen LogP contribution in [0.2, 0.25) is 0 Å². The first kappa shape index (κ1) is 62.5. The predicted octanol–water partition coefficient (Wildman–Crippen LogP) is 16.5. The van der Waals surface area contributed by atoms with E-state index in [4.69, 9.17) is 9.05 Å². The van der Waals surface area contributed by atoms with Crippen LogP contribution in [0.5, 0.6) is 0 Å². The van der Waals surface area contributed by atoms with Crippen LogP contribution in [0.1, 0.15) is 290 Å². The molecule has 0 heterocycles.